The van der Waals surface area contributed by atoms with E-state index in [2.05, 4.69) is 90.1 Å². The fraction of sp³-hybridized carbons (Fsp3) is 0.286. The highest BCUT2D eigenvalue weighted by atomic mass is 32.2. The van der Waals surface area contributed by atoms with Crippen molar-refractivity contribution in [2.24, 2.45) is 0 Å². The van der Waals surface area contributed by atoms with Crippen LogP contribution >= 0.6 is 23.5 Å². The second-order valence-electron chi connectivity index (χ2n) is 9.92. The molecule has 0 radical (unpaired) electrons. The van der Waals surface area contributed by atoms with Crippen molar-refractivity contribution in [2.45, 2.75) is 72.0 Å². The van der Waals surface area contributed by atoms with E-state index >= 15 is 0 Å². The van der Waals surface area contributed by atoms with E-state index in [0.29, 0.717) is 11.1 Å². The molecule has 32 heavy (non-hydrogen) atoms. The SMILES string of the molecule is CC(C)(C)c1ccc(Sc2cc(C=O)c(Sc3ccc(C(C)(C)C)cc3)cc2C=O)cc1. The Labute approximate surface area is 200 Å². The van der Waals surface area contributed by atoms with Gasteiger partial charge in [0.1, 0.15) is 0 Å². The lowest BCUT2D eigenvalue weighted by Gasteiger charge is -2.19. The predicted molar refractivity (Wildman–Crippen MR) is 136 cm³/mol. The van der Waals surface area contributed by atoms with Gasteiger partial charge in [0.2, 0.25) is 0 Å². The smallest absolute Gasteiger partial charge is 0.151 e. The molecule has 0 atom stereocenters. The van der Waals surface area contributed by atoms with Gasteiger partial charge in [-0.2, -0.15) is 0 Å². The van der Waals surface area contributed by atoms with Crippen LogP contribution in [-0.4, -0.2) is 12.6 Å². The molecule has 2 nitrogen and oxygen atoms in total. The van der Waals surface area contributed by atoms with Crippen molar-refractivity contribution in [1.82, 2.24) is 0 Å². The molecule has 0 aliphatic rings. The number of hydrogen-bond donors (Lipinski definition) is 0. The first-order valence-electron chi connectivity index (χ1n) is 10.7. The highest BCUT2D eigenvalue weighted by Gasteiger charge is 2.16. The summed E-state index contributed by atoms with van der Waals surface area (Å²) in [6.07, 6.45) is 1.74. The fourth-order valence-electron chi connectivity index (χ4n) is 3.25. The molecule has 0 N–H and O–H groups in total. The Morgan fingerprint density at radius 1 is 0.562 bits per heavy atom. The van der Waals surface area contributed by atoms with E-state index in [1.165, 1.54) is 34.7 Å². The van der Waals surface area contributed by atoms with E-state index in [4.69, 9.17) is 0 Å². The van der Waals surface area contributed by atoms with Gasteiger partial charge in [0.25, 0.3) is 0 Å². The molecule has 0 saturated carbocycles. The van der Waals surface area contributed by atoms with Gasteiger partial charge in [-0.05, 0) is 58.4 Å². The third kappa shape index (κ3) is 5.93. The van der Waals surface area contributed by atoms with Crippen molar-refractivity contribution in [3.05, 3.63) is 82.9 Å². The molecule has 0 heterocycles. The van der Waals surface area contributed by atoms with Gasteiger partial charge < -0.3 is 0 Å². The van der Waals surface area contributed by atoms with Crippen molar-refractivity contribution < 1.29 is 9.59 Å². The van der Waals surface area contributed by atoms with E-state index in [-0.39, 0.29) is 10.8 Å². The molecule has 0 spiro atoms. The van der Waals surface area contributed by atoms with E-state index < -0.39 is 0 Å². The molecule has 3 rings (SSSR count). The van der Waals surface area contributed by atoms with Crippen molar-refractivity contribution in [1.29, 1.82) is 0 Å². The maximum absolute atomic E-state index is 11.9. The van der Waals surface area contributed by atoms with E-state index in [1.807, 2.05) is 12.1 Å². The van der Waals surface area contributed by atoms with Crippen molar-refractivity contribution in [3.8, 4) is 0 Å². The molecule has 3 aromatic carbocycles. The van der Waals surface area contributed by atoms with Gasteiger partial charge >= 0.3 is 0 Å². The first-order valence-corrected chi connectivity index (χ1v) is 12.3. The summed E-state index contributed by atoms with van der Waals surface area (Å²) >= 11 is 3.02. The van der Waals surface area contributed by atoms with Gasteiger partial charge in [-0.25, -0.2) is 0 Å². The van der Waals surface area contributed by atoms with E-state index in [0.717, 1.165) is 32.2 Å². The molecule has 0 amide bonds. The van der Waals surface area contributed by atoms with Gasteiger partial charge in [-0.3, -0.25) is 9.59 Å². The Bertz CT molecular complexity index is 1010. The van der Waals surface area contributed by atoms with Gasteiger partial charge in [0.05, 0.1) is 0 Å². The van der Waals surface area contributed by atoms with Crippen LogP contribution in [0.2, 0.25) is 0 Å². The Balaban J connectivity index is 1.88. The second-order valence-corrected chi connectivity index (χ2v) is 12.1. The lowest BCUT2D eigenvalue weighted by Crippen LogP contribution is -2.10. The Hall–Kier alpha value is -2.30. The summed E-state index contributed by atoms with van der Waals surface area (Å²) in [6, 6.07) is 20.4. The normalized spacial score (nSPS) is 11.9. The molecular weight excluding hydrogens is 432 g/mol. The molecular formula is C28H30O2S2. The summed E-state index contributed by atoms with van der Waals surface area (Å²) in [5, 5.41) is 0. The van der Waals surface area contributed by atoms with Crippen molar-refractivity contribution >= 4 is 36.1 Å². The quantitative estimate of drug-likeness (QED) is 0.346. The molecule has 0 unspecified atom stereocenters. The Morgan fingerprint density at radius 2 is 0.875 bits per heavy atom. The zero-order valence-corrected chi connectivity index (χ0v) is 21.2. The number of carbonyl (C=O) groups is 2. The minimum Gasteiger partial charge on any atom is -0.298 e. The van der Waals surface area contributed by atoms with Crippen LogP contribution in [0, 0.1) is 0 Å². The Kier molecular flexibility index (Phi) is 7.36. The van der Waals surface area contributed by atoms with Crippen LogP contribution in [0.1, 0.15) is 73.4 Å². The molecule has 0 aliphatic carbocycles. The average molecular weight is 463 g/mol. The monoisotopic (exact) mass is 462 g/mol. The molecule has 4 heteroatoms. The number of carbonyl (C=O) groups excluding carboxylic acids is 2. The Morgan fingerprint density at radius 3 is 1.12 bits per heavy atom. The lowest BCUT2D eigenvalue weighted by atomic mass is 9.87. The van der Waals surface area contributed by atoms with Crippen LogP contribution in [0.15, 0.2) is 80.2 Å². The molecule has 0 aliphatic heterocycles. The average Bonchev–Trinajstić information content (AvgIpc) is 2.74. The van der Waals surface area contributed by atoms with Crippen LogP contribution in [0.4, 0.5) is 0 Å². The summed E-state index contributed by atoms with van der Waals surface area (Å²) in [5.74, 6) is 0. The second kappa shape index (κ2) is 9.68. The standard InChI is InChI=1S/C28H30O2S2/c1-27(2,3)21-7-11-23(12-8-21)31-25-15-20(18-30)26(16-19(25)17-29)32-24-13-9-22(10-14-24)28(4,5)6/h7-18H,1-6H3. The highest BCUT2D eigenvalue weighted by Crippen LogP contribution is 2.38. The molecule has 166 valence electrons. The third-order valence-corrected chi connectivity index (χ3v) is 7.46. The van der Waals surface area contributed by atoms with Crippen LogP contribution in [0.25, 0.3) is 0 Å². The van der Waals surface area contributed by atoms with Crippen LogP contribution in [0.5, 0.6) is 0 Å². The number of hydrogen-bond acceptors (Lipinski definition) is 4. The molecule has 0 fully saturated rings. The van der Waals surface area contributed by atoms with E-state index in [9.17, 15) is 9.59 Å². The number of benzene rings is 3. The van der Waals surface area contributed by atoms with E-state index in [1.54, 1.807) is 0 Å². The highest BCUT2D eigenvalue weighted by molar-refractivity contribution is 8.00. The maximum atomic E-state index is 11.9. The van der Waals surface area contributed by atoms with Crippen LogP contribution in [-0.2, 0) is 10.8 Å². The summed E-state index contributed by atoms with van der Waals surface area (Å²) in [4.78, 5) is 27.4. The lowest BCUT2D eigenvalue weighted by molar-refractivity contribution is 0.110. The van der Waals surface area contributed by atoms with Gasteiger partial charge in [0.15, 0.2) is 12.6 Å². The summed E-state index contributed by atoms with van der Waals surface area (Å²) < 4.78 is 0. The first-order chi connectivity index (χ1) is 15.0. The molecule has 0 aromatic heterocycles. The zero-order chi connectivity index (χ0) is 23.5. The van der Waals surface area contributed by atoms with Crippen LogP contribution in [0.3, 0.4) is 0 Å². The molecule has 0 saturated heterocycles. The summed E-state index contributed by atoms with van der Waals surface area (Å²) in [6.45, 7) is 13.1. The molecule has 0 bridgehead atoms. The summed E-state index contributed by atoms with van der Waals surface area (Å²) in [5.41, 5.74) is 3.88. The topological polar surface area (TPSA) is 34.1 Å². The maximum Gasteiger partial charge on any atom is 0.151 e. The number of rotatable bonds is 6. The number of aldehydes is 2. The zero-order valence-electron chi connectivity index (χ0n) is 19.6. The minimum absolute atomic E-state index is 0.0891. The van der Waals surface area contributed by atoms with Gasteiger partial charge in [-0.1, -0.05) is 89.3 Å². The largest absolute Gasteiger partial charge is 0.298 e. The predicted octanol–water partition coefficient (Wildman–Crippen LogP) is 8.21. The summed E-state index contributed by atoms with van der Waals surface area (Å²) in [7, 11) is 0. The third-order valence-electron chi connectivity index (χ3n) is 5.29. The van der Waals surface area contributed by atoms with Crippen molar-refractivity contribution in [3.63, 3.8) is 0 Å². The first kappa shape index (κ1) is 24.3. The van der Waals surface area contributed by atoms with Gasteiger partial charge in [-0.15, -0.1) is 0 Å². The van der Waals surface area contributed by atoms with Crippen LogP contribution < -0.4 is 0 Å². The van der Waals surface area contributed by atoms with Gasteiger partial charge in [0, 0.05) is 30.7 Å². The molecule has 3 aromatic rings. The fourth-order valence-corrected chi connectivity index (χ4v) is 5.13. The minimum atomic E-state index is 0.0891. The van der Waals surface area contributed by atoms with Crippen molar-refractivity contribution in [2.75, 3.05) is 0 Å².